The maximum Gasteiger partial charge on any atom is 0.410 e. The van der Waals surface area contributed by atoms with Crippen molar-refractivity contribution in [3.63, 3.8) is 0 Å². The Hall–Kier alpha value is -0.770. The topological polar surface area (TPSA) is 41.6 Å². The maximum absolute atomic E-state index is 12.0. The summed E-state index contributed by atoms with van der Waals surface area (Å²) in [7, 11) is 0. The van der Waals surface area contributed by atoms with Crippen LogP contribution in [0.25, 0.3) is 0 Å². The maximum atomic E-state index is 12.0. The fraction of sp³-hybridized carbons (Fsp3) is 0.923. The molecule has 0 aromatic rings. The van der Waals surface area contributed by atoms with Crippen LogP contribution in [-0.2, 0) is 4.74 Å². The standard InChI is InChI=1S/C13H26N2O2/c1-5-11-10-15(9-7-6-8-14-11)12(16)17-13(2,3)4/h11,14H,5-10H2,1-4H3/t11-/m1/s1. The molecule has 4 nitrogen and oxygen atoms in total. The highest BCUT2D eigenvalue weighted by Crippen LogP contribution is 2.12. The second-order valence-corrected chi connectivity index (χ2v) is 5.69. The average molecular weight is 242 g/mol. The number of nitrogens with one attached hydrogen (secondary N) is 1. The van der Waals surface area contributed by atoms with Crippen molar-refractivity contribution in [1.29, 1.82) is 0 Å². The smallest absolute Gasteiger partial charge is 0.410 e. The van der Waals surface area contributed by atoms with Crippen LogP contribution < -0.4 is 5.32 Å². The second-order valence-electron chi connectivity index (χ2n) is 5.69. The molecule has 1 heterocycles. The van der Waals surface area contributed by atoms with Crippen molar-refractivity contribution in [2.45, 2.75) is 58.6 Å². The zero-order valence-electron chi connectivity index (χ0n) is 11.6. The zero-order chi connectivity index (χ0) is 12.9. The van der Waals surface area contributed by atoms with Crippen LogP contribution in [0.15, 0.2) is 0 Å². The number of nitrogens with zero attached hydrogens (tertiary/aromatic N) is 1. The van der Waals surface area contributed by atoms with E-state index in [-0.39, 0.29) is 6.09 Å². The Kier molecular flexibility index (Phi) is 5.25. The highest BCUT2D eigenvalue weighted by molar-refractivity contribution is 5.68. The normalized spacial score (nSPS) is 22.8. The third-order valence-electron chi connectivity index (χ3n) is 2.87. The third kappa shape index (κ3) is 5.39. The van der Waals surface area contributed by atoms with Crippen molar-refractivity contribution in [2.75, 3.05) is 19.6 Å². The van der Waals surface area contributed by atoms with Gasteiger partial charge < -0.3 is 15.0 Å². The summed E-state index contributed by atoms with van der Waals surface area (Å²) in [5, 5.41) is 3.47. The van der Waals surface area contributed by atoms with Crippen LogP contribution in [0.1, 0.15) is 47.0 Å². The van der Waals surface area contributed by atoms with Gasteiger partial charge in [-0.15, -0.1) is 0 Å². The largest absolute Gasteiger partial charge is 0.444 e. The summed E-state index contributed by atoms with van der Waals surface area (Å²) in [4.78, 5) is 13.9. The number of rotatable bonds is 1. The highest BCUT2D eigenvalue weighted by atomic mass is 16.6. The van der Waals surface area contributed by atoms with Gasteiger partial charge in [-0.3, -0.25) is 0 Å². The molecule has 0 saturated carbocycles. The summed E-state index contributed by atoms with van der Waals surface area (Å²) in [5.74, 6) is 0. The number of carbonyl (C=O) groups is 1. The van der Waals surface area contributed by atoms with Crippen molar-refractivity contribution in [3.05, 3.63) is 0 Å². The number of carbonyl (C=O) groups excluding carboxylic acids is 1. The molecule has 0 radical (unpaired) electrons. The highest BCUT2D eigenvalue weighted by Gasteiger charge is 2.24. The number of hydrogen-bond donors (Lipinski definition) is 1. The molecule has 1 fully saturated rings. The van der Waals surface area contributed by atoms with Crippen molar-refractivity contribution >= 4 is 6.09 Å². The lowest BCUT2D eigenvalue weighted by Crippen LogP contribution is -2.47. The molecule has 1 saturated heterocycles. The number of ether oxygens (including phenoxy) is 1. The molecule has 0 aromatic heterocycles. The third-order valence-corrected chi connectivity index (χ3v) is 2.87. The fourth-order valence-corrected chi connectivity index (χ4v) is 1.92. The fourth-order valence-electron chi connectivity index (χ4n) is 1.92. The van der Waals surface area contributed by atoms with E-state index in [0.717, 1.165) is 38.9 Å². The van der Waals surface area contributed by atoms with Gasteiger partial charge in [0.1, 0.15) is 5.60 Å². The van der Waals surface area contributed by atoms with Gasteiger partial charge in [0.15, 0.2) is 0 Å². The predicted octanol–water partition coefficient (Wildman–Crippen LogP) is 2.39. The van der Waals surface area contributed by atoms with Crippen molar-refractivity contribution in [2.24, 2.45) is 0 Å². The van der Waals surface area contributed by atoms with Gasteiger partial charge in [-0.25, -0.2) is 4.79 Å². The van der Waals surface area contributed by atoms with Crippen LogP contribution in [0.3, 0.4) is 0 Å². The molecule has 1 aliphatic rings. The Morgan fingerprint density at radius 2 is 2.12 bits per heavy atom. The number of hydrogen-bond acceptors (Lipinski definition) is 3. The van der Waals surface area contributed by atoms with E-state index in [2.05, 4.69) is 12.2 Å². The Bertz CT molecular complexity index is 248. The summed E-state index contributed by atoms with van der Waals surface area (Å²) < 4.78 is 5.43. The van der Waals surface area contributed by atoms with Crippen LogP contribution in [-0.4, -0.2) is 42.3 Å². The molecule has 4 heteroatoms. The van der Waals surface area contributed by atoms with Gasteiger partial charge in [-0.1, -0.05) is 6.92 Å². The lowest BCUT2D eigenvalue weighted by atomic mass is 10.1. The second kappa shape index (κ2) is 6.24. The Balaban J connectivity index is 2.56. The molecule has 100 valence electrons. The molecule has 1 atom stereocenters. The Labute approximate surface area is 105 Å². The van der Waals surface area contributed by atoms with Gasteiger partial charge >= 0.3 is 6.09 Å². The SMILES string of the molecule is CC[C@@H]1CN(C(=O)OC(C)(C)C)CCCCN1. The van der Waals surface area contributed by atoms with E-state index in [9.17, 15) is 4.79 Å². The van der Waals surface area contributed by atoms with Gasteiger partial charge in [-0.05, 0) is 46.6 Å². The number of amides is 1. The van der Waals surface area contributed by atoms with E-state index in [1.807, 2.05) is 25.7 Å². The minimum absolute atomic E-state index is 0.181. The van der Waals surface area contributed by atoms with E-state index >= 15 is 0 Å². The lowest BCUT2D eigenvalue weighted by Gasteiger charge is -2.32. The van der Waals surface area contributed by atoms with E-state index < -0.39 is 5.60 Å². The Morgan fingerprint density at radius 3 is 2.71 bits per heavy atom. The molecule has 0 bridgehead atoms. The monoisotopic (exact) mass is 242 g/mol. The summed E-state index contributed by atoms with van der Waals surface area (Å²) in [6.07, 6.45) is 3.03. The summed E-state index contributed by atoms with van der Waals surface area (Å²) >= 11 is 0. The molecular formula is C13H26N2O2. The van der Waals surface area contributed by atoms with E-state index in [1.165, 1.54) is 0 Å². The summed E-state index contributed by atoms with van der Waals surface area (Å²) in [5.41, 5.74) is -0.408. The first-order chi connectivity index (χ1) is 7.92. The van der Waals surface area contributed by atoms with Gasteiger partial charge in [0.2, 0.25) is 0 Å². The minimum Gasteiger partial charge on any atom is -0.444 e. The van der Waals surface area contributed by atoms with Gasteiger partial charge in [0.05, 0.1) is 0 Å². The van der Waals surface area contributed by atoms with Crippen LogP contribution >= 0.6 is 0 Å². The van der Waals surface area contributed by atoms with Crippen LogP contribution in [0, 0.1) is 0 Å². The molecule has 1 amide bonds. The molecule has 1 rings (SSSR count). The summed E-state index contributed by atoms with van der Waals surface area (Å²) in [6.45, 7) is 10.5. The zero-order valence-corrected chi connectivity index (χ0v) is 11.6. The lowest BCUT2D eigenvalue weighted by molar-refractivity contribution is 0.0218. The first kappa shape index (κ1) is 14.3. The molecular weight excluding hydrogens is 216 g/mol. The van der Waals surface area contributed by atoms with Crippen LogP contribution in [0.4, 0.5) is 4.79 Å². The molecule has 17 heavy (non-hydrogen) atoms. The summed E-state index contributed by atoms with van der Waals surface area (Å²) in [6, 6.07) is 0.391. The van der Waals surface area contributed by atoms with E-state index in [4.69, 9.17) is 4.74 Å². The molecule has 0 aliphatic carbocycles. The van der Waals surface area contributed by atoms with Crippen molar-refractivity contribution < 1.29 is 9.53 Å². The van der Waals surface area contributed by atoms with Crippen LogP contribution in [0.2, 0.25) is 0 Å². The predicted molar refractivity (Wildman–Crippen MR) is 69.1 cm³/mol. The van der Waals surface area contributed by atoms with Gasteiger partial charge in [0.25, 0.3) is 0 Å². The average Bonchev–Trinajstić information content (AvgIpc) is 2.14. The van der Waals surface area contributed by atoms with Crippen molar-refractivity contribution in [3.8, 4) is 0 Å². The van der Waals surface area contributed by atoms with Crippen molar-refractivity contribution in [1.82, 2.24) is 10.2 Å². The first-order valence-corrected chi connectivity index (χ1v) is 6.63. The van der Waals surface area contributed by atoms with E-state index in [1.54, 1.807) is 0 Å². The Morgan fingerprint density at radius 1 is 1.41 bits per heavy atom. The minimum atomic E-state index is -0.408. The molecule has 0 spiro atoms. The first-order valence-electron chi connectivity index (χ1n) is 6.63. The molecule has 1 aliphatic heterocycles. The van der Waals surface area contributed by atoms with Crippen LogP contribution in [0.5, 0.6) is 0 Å². The molecule has 0 aromatic carbocycles. The molecule has 0 unspecified atom stereocenters. The van der Waals surface area contributed by atoms with E-state index in [0.29, 0.717) is 6.04 Å². The molecule has 1 N–H and O–H groups in total. The quantitative estimate of drug-likeness (QED) is 0.767. The van der Waals surface area contributed by atoms with Gasteiger partial charge in [-0.2, -0.15) is 0 Å². The van der Waals surface area contributed by atoms with Gasteiger partial charge in [0, 0.05) is 19.1 Å².